The Bertz CT molecular complexity index is 3840. The molecular weight excluding hydrogens is 841 g/mol. The first kappa shape index (κ1) is 39.0. The van der Waals surface area contributed by atoms with Gasteiger partial charge in [-0.15, -0.1) is 0 Å². The fourth-order valence-corrected chi connectivity index (χ4v) is 11.1. The molecule has 320 valence electrons. The van der Waals surface area contributed by atoms with Gasteiger partial charge in [-0.05, 0) is 97.1 Å². The van der Waals surface area contributed by atoms with E-state index in [4.69, 9.17) is 19.9 Å². The fourth-order valence-electron chi connectivity index (χ4n) is 11.1. The van der Waals surface area contributed by atoms with Gasteiger partial charge in [0.25, 0.3) is 0 Å². The van der Waals surface area contributed by atoms with E-state index in [-0.39, 0.29) is 0 Å². The van der Waals surface area contributed by atoms with Crippen LogP contribution in [0.3, 0.4) is 0 Å². The predicted octanol–water partition coefficient (Wildman–Crippen LogP) is 14.7. The number of nitrogens with zero attached hydrogens (tertiary/aromatic N) is 6. The number of para-hydroxylation sites is 1. The molecule has 6 nitrogen and oxygen atoms in total. The van der Waals surface area contributed by atoms with Gasteiger partial charge in [-0.1, -0.05) is 176 Å². The van der Waals surface area contributed by atoms with Gasteiger partial charge < -0.3 is 0 Å². The molecule has 4 aromatic heterocycles. The van der Waals surface area contributed by atoms with Crippen molar-refractivity contribution in [3.05, 3.63) is 253 Å². The van der Waals surface area contributed by atoms with Crippen molar-refractivity contribution in [2.75, 3.05) is 0 Å². The summed E-state index contributed by atoms with van der Waals surface area (Å²) in [5.41, 5.74) is 20.0. The van der Waals surface area contributed by atoms with Crippen LogP contribution in [0.1, 0.15) is 22.3 Å². The van der Waals surface area contributed by atoms with Gasteiger partial charge in [0.15, 0.2) is 17.5 Å². The zero-order valence-electron chi connectivity index (χ0n) is 37.1. The van der Waals surface area contributed by atoms with E-state index in [9.17, 15) is 0 Å². The third-order valence-electron chi connectivity index (χ3n) is 14.2. The number of hydrogen-bond acceptors (Lipinski definition) is 6. The molecule has 14 rings (SSSR count). The highest BCUT2D eigenvalue weighted by Gasteiger charge is 2.52. The summed E-state index contributed by atoms with van der Waals surface area (Å²) in [5.74, 6) is 1.78. The van der Waals surface area contributed by atoms with E-state index < -0.39 is 5.41 Å². The molecule has 0 saturated heterocycles. The molecule has 0 atom stereocenters. The molecule has 0 N–H and O–H groups in total. The average molecular weight is 879 g/mol. The largest absolute Gasteiger partial charge is 0.265 e. The van der Waals surface area contributed by atoms with Gasteiger partial charge in [0.2, 0.25) is 0 Å². The van der Waals surface area contributed by atoms with E-state index >= 15 is 0 Å². The van der Waals surface area contributed by atoms with Crippen LogP contribution in [0, 0.1) is 0 Å². The standard InChI is InChI=1S/C63H38N6/c1-5-13-52-47(9-1)48-10-2-6-14-53(48)63(52)54-15-7-3-11-49(54)58-55(63)30-29-51-57(58)50-12-4-8-16-56(50)66-59(51)43-21-27-46(28-22-43)62-68-60(44-23-17-39(18-24-44)41-31-35-64-36-32-41)67-61(69-62)45-25-19-40(20-26-45)42-33-37-65-38-34-42/h1-38H. The Hall–Kier alpha value is -9.26. The third kappa shape index (κ3) is 5.99. The van der Waals surface area contributed by atoms with Crippen molar-refractivity contribution >= 4 is 21.7 Å². The Balaban J connectivity index is 0.914. The van der Waals surface area contributed by atoms with E-state index in [0.717, 1.165) is 66.5 Å². The number of benzene rings is 8. The normalized spacial score (nSPS) is 12.8. The molecule has 4 heterocycles. The van der Waals surface area contributed by atoms with Gasteiger partial charge in [0.1, 0.15) is 0 Å². The lowest BCUT2D eigenvalue weighted by Gasteiger charge is -2.30. The Morgan fingerprint density at radius 3 is 1.20 bits per heavy atom. The summed E-state index contributed by atoms with van der Waals surface area (Å²) in [7, 11) is 0. The van der Waals surface area contributed by atoms with Gasteiger partial charge in [0, 0.05) is 63.2 Å². The molecule has 0 saturated carbocycles. The highest BCUT2D eigenvalue weighted by molar-refractivity contribution is 6.20. The van der Waals surface area contributed by atoms with Crippen molar-refractivity contribution in [2.45, 2.75) is 5.41 Å². The molecule has 0 amide bonds. The molecule has 0 unspecified atom stereocenters. The van der Waals surface area contributed by atoms with Crippen LogP contribution in [-0.2, 0) is 5.41 Å². The van der Waals surface area contributed by atoms with Gasteiger partial charge >= 0.3 is 0 Å². The van der Waals surface area contributed by atoms with Crippen molar-refractivity contribution in [2.24, 2.45) is 0 Å². The number of aromatic nitrogens is 6. The molecule has 0 fully saturated rings. The van der Waals surface area contributed by atoms with Crippen molar-refractivity contribution < 1.29 is 0 Å². The van der Waals surface area contributed by atoms with Crippen LogP contribution in [0.25, 0.3) is 112 Å². The van der Waals surface area contributed by atoms with Crippen LogP contribution in [0.15, 0.2) is 231 Å². The minimum atomic E-state index is -0.439. The molecular formula is C63H38N6. The van der Waals surface area contributed by atoms with E-state index in [1.807, 2.05) is 49.1 Å². The Kier molecular flexibility index (Phi) is 8.70. The maximum atomic E-state index is 5.44. The SMILES string of the molecule is c1ccc2c(c1)-c1ccccc1C21c2ccccc2-c2c1ccc1c(-c3ccc(-c4nc(-c5ccc(-c6ccncc6)cc5)nc(-c5ccc(-c6ccncc6)cc5)n4)cc3)nc3ccccc3c21. The molecule has 8 aromatic carbocycles. The molecule has 1 spiro atoms. The van der Waals surface area contributed by atoms with E-state index in [2.05, 4.69) is 192 Å². The number of fused-ring (bicyclic) bond motifs is 14. The number of pyridine rings is 3. The zero-order valence-corrected chi connectivity index (χ0v) is 37.1. The average Bonchev–Trinajstić information content (AvgIpc) is 3.91. The van der Waals surface area contributed by atoms with Crippen molar-refractivity contribution in [3.8, 4) is 89.9 Å². The monoisotopic (exact) mass is 878 g/mol. The molecule has 2 aliphatic carbocycles. The van der Waals surface area contributed by atoms with Crippen molar-refractivity contribution in [1.82, 2.24) is 29.9 Å². The van der Waals surface area contributed by atoms with Gasteiger partial charge in [-0.2, -0.15) is 0 Å². The second kappa shape index (κ2) is 15.4. The molecule has 0 aliphatic heterocycles. The molecule has 0 bridgehead atoms. The summed E-state index contributed by atoms with van der Waals surface area (Å²) >= 11 is 0. The molecule has 12 aromatic rings. The topological polar surface area (TPSA) is 77.3 Å². The second-order valence-corrected chi connectivity index (χ2v) is 17.8. The van der Waals surface area contributed by atoms with Crippen LogP contribution in [0.4, 0.5) is 0 Å². The highest BCUT2D eigenvalue weighted by atomic mass is 15.0. The Labute approximate surface area is 398 Å². The second-order valence-electron chi connectivity index (χ2n) is 17.8. The minimum Gasteiger partial charge on any atom is -0.265 e. The highest BCUT2D eigenvalue weighted by Crippen LogP contribution is 2.64. The smallest absolute Gasteiger partial charge is 0.164 e. The summed E-state index contributed by atoms with van der Waals surface area (Å²) in [6.07, 6.45) is 7.25. The minimum absolute atomic E-state index is 0.439. The quantitative estimate of drug-likeness (QED) is 0.155. The Morgan fingerprint density at radius 1 is 0.275 bits per heavy atom. The van der Waals surface area contributed by atoms with E-state index in [1.165, 1.54) is 49.9 Å². The van der Waals surface area contributed by atoms with Crippen molar-refractivity contribution in [3.63, 3.8) is 0 Å². The van der Waals surface area contributed by atoms with E-state index in [0.29, 0.717) is 17.5 Å². The summed E-state index contributed by atoms with van der Waals surface area (Å²) in [4.78, 5) is 29.2. The summed E-state index contributed by atoms with van der Waals surface area (Å²) < 4.78 is 0. The van der Waals surface area contributed by atoms with E-state index in [1.54, 1.807) is 0 Å². The maximum Gasteiger partial charge on any atom is 0.164 e. The predicted molar refractivity (Wildman–Crippen MR) is 277 cm³/mol. The lowest BCUT2D eigenvalue weighted by atomic mass is 9.70. The van der Waals surface area contributed by atoms with Crippen LogP contribution >= 0.6 is 0 Å². The van der Waals surface area contributed by atoms with Crippen LogP contribution in [-0.4, -0.2) is 29.9 Å². The first-order valence-corrected chi connectivity index (χ1v) is 23.2. The van der Waals surface area contributed by atoms with Crippen LogP contribution < -0.4 is 0 Å². The summed E-state index contributed by atoms with van der Waals surface area (Å²) in [5, 5.41) is 3.48. The van der Waals surface area contributed by atoms with Gasteiger partial charge in [-0.3, -0.25) is 9.97 Å². The molecule has 2 aliphatic rings. The van der Waals surface area contributed by atoms with Gasteiger partial charge in [-0.25, -0.2) is 19.9 Å². The molecule has 6 heteroatoms. The van der Waals surface area contributed by atoms with Gasteiger partial charge in [0.05, 0.1) is 16.6 Å². The maximum absolute atomic E-state index is 5.44. The third-order valence-corrected chi connectivity index (χ3v) is 14.2. The summed E-state index contributed by atoms with van der Waals surface area (Å²) in [6.45, 7) is 0. The van der Waals surface area contributed by atoms with Crippen LogP contribution in [0.2, 0.25) is 0 Å². The van der Waals surface area contributed by atoms with Crippen LogP contribution in [0.5, 0.6) is 0 Å². The lowest BCUT2D eigenvalue weighted by Crippen LogP contribution is -2.25. The number of rotatable bonds is 6. The van der Waals surface area contributed by atoms with Crippen molar-refractivity contribution in [1.29, 1.82) is 0 Å². The lowest BCUT2D eigenvalue weighted by molar-refractivity contribution is 0.794. The fraction of sp³-hybridized carbons (Fsp3) is 0.0159. The summed E-state index contributed by atoms with van der Waals surface area (Å²) in [6, 6.07) is 73.6. The molecule has 69 heavy (non-hydrogen) atoms. The Morgan fingerprint density at radius 2 is 0.681 bits per heavy atom. The molecule has 0 radical (unpaired) electrons. The first-order valence-electron chi connectivity index (χ1n) is 23.2. The first-order chi connectivity index (χ1) is 34.2. The number of hydrogen-bond donors (Lipinski definition) is 0. The zero-order chi connectivity index (χ0) is 45.5.